The number of aliphatic hydroxyl groups is 1. The van der Waals surface area contributed by atoms with Crippen molar-refractivity contribution in [2.24, 2.45) is 0 Å². The summed E-state index contributed by atoms with van der Waals surface area (Å²) in [5, 5.41) is 10.6. The van der Waals surface area contributed by atoms with Gasteiger partial charge in [-0.1, -0.05) is 34.8 Å². The van der Waals surface area contributed by atoms with Gasteiger partial charge in [-0.25, -0.2) is 9.97 Å². The van der Waals surface area contributed by atoms with Crippen LogP contribution in [0.5, 0.6) is 0 Å². The summed E-state index contributed by atoms with van der Waals surface area (Å²) in [5.41, 5.74) is 1.25. The number of pyridine rings is 2. The lowest BCUT2D eigenvalue weighted by atomic mass is 10.2. The molecule has 3 nitrogen and oxygen atoms in total. The Balaban J connectivity index is 2.25. The zero-order valence-electron chi connectivity index (χ0n) is 8.65. The summed E-state index contributed by atoms with van der Waals surface area (Å²) in [6.45, 7) is 0. The molecule has 17 heavy (non-hydrogen) atoms. The molecule has 2 heterocycles. The van der Waals surface area contributed by atoms with Crippen LogP contribution in [0.1, 0.15) is 5.69 Å². The van der Waals surface area contributed by atoms with E-state index in [9.17, 15) is 5.11 Å². The maximum absolute atomic E-state index is 9.65. The molecule has 0 fully saturated rings. The quantitative estimate of drug-likeness (QED) is 0.865. The molecule has 1 N–H and O–H groups in total. The van der Waals surface area contributed by atoms with Crippen molar-refractivity contribution in [2.45, 2.75) is 16.3 Å². The van der Waals surface area contributed by atoms with Crippen molar-refractivity contribution < 1.29 is 5.11 Å². The minimum Gasteiger partial charge on any atom is -0.388 e. The third-order valence-electron chi connectivity index (χ3n) is 2.30. The van der Waals surface area contributed by atoms with Gasteiger partial charge in [-0.05, 0) is 24.3 Å². The van der Waals surface area contributed by atoms with Crippen molar-refractivity contribution in [3.8, 4) is 0 Å². The predicted molar refractivity (Wildman–Crippen MR) is 69.5 cm³/mol. The monoisotopic (exact) mass is 290 g/mol. The molecule has 0 radical (unpaired) electrons. The number of aromatic nitrogens is 2. The second-order valence-corrected chi connectivity index (χ2v) is 5.98. The Bertz CT molecular complexity index is 527. The number of hydrogen-bond donors (Lipinski definition) is 1. The van der Waals surface area contributed by atoms with E-state index in [4.69, 9.17) is 34.8 Å². The van der Waals surface area contributed by atoms with Gasteiger partial charge in [-0.3, -0.25) is 0 Å². The summed E-state index contributed by atoms with van der Waals surface area (Å²) in [6.07, 6.45) is 0.731. The Morgan fingerprint density at radius 2 is 2.00 bits per heavy atom. The fourth-order valence-electron chi connectivity index (χ4n) is 1.42. The first-order valence-corrected chi connectivity index (χ1v) is 6.05. The molecule has 0 unspecified atom stereocenters. The first kappa shape index (κ1) is 12.8. The standard InChI is InChI=1S/C11H9Cl3N2O/c12-11(13,14)9(17)6-8-4-3-7-2-1-5-15-10(7)16-8/h1-5,9,17H,6H2/t9-/m0/s1. The van der Waals surface area contributed by atoms with Gasteiger partial charge in [-0.15, -0.1) is 0 Å². The first-order chi connectivity index (χ1) is 7.97. The molecule has 0 aliphatic rings. The highest BCUT2D eigenvalue weighted by atomic mass is 35.6. The van der Waals surface area contributed by atoms with Gasteiger partial charge in [0.25, 0.3) is 0 Å². The molecule has 90 valence electrons. The molecule has 2 rings (SSSR count). The molecule has 2 aromatic rings. The summed E-state index contributed by atoms with van der Waals surface area (Å²) >= 11 is 16.8. The fourth-order valence-corrected chi connectivity index (χ4v) is 1.65. The number of nitrogens with zero attached hydrogens (tertiary/aromatic N) is 2. The van der Waals surface area contributed by atoms with Gasteiger partial charge >= 0.3 is 0 Å². The average Bonchev–Trinajstić information content (AvgIpc) is 2.27. The molecule has 0 aliphatic heterocycles. The number of hydrogen-bond acceptors (Lipinski definition) is 3. The second-order valence-electron chi connectivity index (χ2n) is 3.61. The summed E-state index contributed by atoms with van der Waals surface area (Å²) in [4.78, 5) is 8.40. The normalized spacial score (nSPS) is 13.9. The van der Waals surface area contributed by atoms with E-state index in [-0.39, 0.29) is 6.42 Å². The summed E-state index contributed by atoms with van der Waals surface area (Å²) < 4.78 is -1.71. The number of aliphatic hydroxyl groups excluding tert-OH is 1. The molecule has 1 atom stereocenters. The van der Waals surface area contributed by atoms with Crippen LogP contribution in [-0.2, 0) is 6.42 Å². The topological polar surface area (TPSA) is 46.0 Å². The fraction of sp³-hybridized carbons (Fsp3) is 0.273. The van der Waals surface area contributed by atoms with Crippen LogP contribution in [0.25, 0.3) is 11.0 Å². The summed E-state index contributed by atoms with van der Waals surface area (Å²) in [7, 11) is 0. The van der Waals surface area contributed by atoms with Crippen molar-refractivity contribution in [1.82, 2.24) is 9.97 Å². The number of alkyl halides is 3. The maximum atomic E-state index is 9.65. The Labute approximate surface area is 113 Å². The van der Waals surface area contributed by atoms with E-state index in [0.29, 0.717) is 11.3 Å². The van der Waals surface area contributed by atoms with Gasteiger partial charge in [0.1, 0.15) is 6.10 Å². The minimum absolute atomic E-state index is 0.170. The van der Waals surface area contributed by atoms with Crippen molar-refractivity contribution >= 4 is 45.8 Å². The van der Waals surface area contributed by atoms with Gasteiger partial charge in [0.05, 0.1) is 0 Å². The third-order valence-corrected chi connectivity index (χ3v) is 3.06. The van der Waals surface area contributed by atoms with Crippen LogP contribution in [0, 0.1) is 0 Å². The van der Waals surface area contributed by atoms with E-state index >= 15 is 0 Å². The smallest absolute Gasteiger partial charge is 0.216 e. The molecule has 0 saturated heterocycles. The van der Waals surface area contributed by atoms with Crippen LogP contribution < -0.4 is 0 Å². The minimum atomic E-state index is -1.71. The molecular weight excluding hydrogens is 282 g/mol. The van der Waals surface area contributed by atoms with E-state index in [1.165, 1.54) is 0 Å². The van der Waals surface area contributed by atoms with Crippen LogP contribution in [0.3, 0.4) is 0 Å². The SMILES string of the molecule is O[C@@H](Cc1ccc2cccnc2n1)C(Cl)(Cl)Cl. The highest BCUT2D eigenvalue weighted by molar-refractivity contribution is 6.68. The van der Waals surface area contributed by atoms with Crippen LogP contribution >= 0.6 is 34.8 Å². The van der Waals surface area contributed by atoms with E-state index in [2.05, 4.69) is 9.97 Å². The molecule has 6 heteroatoms. The Kier molecular flexibility index (Phi) is 3.73. The lowest BCUT2D eigenvalue weighted by Gasteiger charge is -2.18. The Morgan fingerprint density at radius 3 is 2.71 bits per heavy atom. The van der Waals surface area contributed by atoms with Gasteiger partial charge < -0.3 is 5.11 Å². The lowest BCUT2D eigenvalue weighted by molar-refractivity contribution is 0.178. The molecule has 0 aromatic carbocycles. The van der Waals surface area contributed by atoms with Crippen LogP contribution in [0.15, 0.2) is 30.5 Å². The van der Waals surface area contributed by atoms with E-state index in [0.717, 1.165) is 5.39 Å². The van der Waals surface area contributed by atoms with Crippen molar-refractivity contribution in [1.29, 1.82) is 0 Å². The Hall–Kier alpha value is -0.610. The molecule has 0 bridgehead atoms. The molecule has 0 spiro atoms. The van der Waals surface area contributed by atoms with E-state index < -0.39 is 9.90 Å². The van der Waals surface area contributed by atoms with Gasteiger partial charge in [0.2, 0.25) is 3.79 Å². The third kappa shape index (κ3) is 3.19. The largest absolute Gasteiger partial charge is 0.388 e. The predicted octanol–water partition coefficient (Wildman–Crippen LogP) is 2.90. The number of rotatable bonds is 2. The Morgan fingerprint density at radius 1 is 1.24 bits per heavy atom. The highest BCUT2D eigenvalue weighted by Crippen LogP contribution is 2.31. The number of fused-ring (bicyclic) bond motifs is 1. The average molecular weight is 292 g/mol. The molecule has 0 aliphatic carbocycles. The van der Waals surface area contributed by atoms with Crippen LogP contribution in [0.2, 0.25) is 0 Å². The van der Waals surface area contributed by atoms with Crippen LogP contribution in [-0.4, -0.2) is 25.0 Å². The molecule has 2 aromatic heterocycles. The van der Waals surface area contributed by atoms with Gasteiger partial charge in [0, 0.05) is 23.7 Å². The zero-order valence-corrected chi connectivity index (χ0v) is 10.9. The van der Waals surface area contributed by atoms with Crippen molar-refractivity contribution in [2.75, 3.05) is 0 Å². The first-order valence-electron chi connectivity index (χ1n) is 4.92. The molecular formula is C11H9Cl3N2O. The van der Waals surface area contributed by atoms with Crippen LogP contribution in [0.4, 0.5) is 0 Å². The van der Waals surface area contributed by atoms with Crippen molar-refractivity contribution in [3.63, 3.8) is 0 Å². The molecule has 0 saturated carbocycles. The van der Waals surface area contributed by atoms with Crippen molar-refractivity contribution in [3.05, 3.63) is 36.2 Å². The summed E-state index contributed by atoms with van der Waals surface area (Å²) in [5.74, 6) is 0. The van der Waals surface area contributed by atoms with E-state index in [1.807, 2.05) is 18.2 Å². The highest BCUT2D eigenvalue weighted by Gasteiger charge is 2.31. The van der Waals surface area contributed by atoms with Gasteiger partial charge in [-0.2, -0.15) is 0 Å². The number of halogens is 3. The second kappa shape index (κ2) is 4.94. The van der Waals surface area contributed by atoms with E-state index in [1.54, 1.807) is 12.3 Å². The lowest BCUT2D eigenvalue weighted by Crippen LogP contribution is -2.27. The summed E-state index contributed by atoms with van der Waals surface area (Å²) in [6, 6.07) is 7.39. The maximum Gasteiger partial charge on any atom is 0.216 e. The van der Waals surface area contributed by atoms with Gasteiger partial charge in [0.15, 0.2) is 5.65 Å². The zero-order chi connectivity index (χ0) is 12.5. The molecule has 0 amide bonds.